The number of nitrogens with two attached hydrogens (primary N) is 2. The summed E-state index contributed by atoms with van der Waals surface area (Å²) in [7, 11) is 0. The van der Waals surface area contributed by atoms with E-state index < -0.39 is 115 Å². The maximum atomic E-state index is 13.3. The molecule has 0 unspecified atom stereocenters. The summed E-state index contributed by atoms with van der Waals surface area (Å²) in [6, 6.07) is -8.94. The number of carbonyl (C=O) groups excluding carboxylic acids is 6. The average Bonchev–Trinajstić information content (AvgIpc) is 2.92. The van der Waals surface area contributed by atoms with Crippen LogP contribution >= 0.6 is 0 Å². The highest BCUT2D eigenvalue weighted by Gasteiger charge is 2.36. The number of aliphatic hydroxyl groups excluding tert-OH is 3. The zero-order valence-corrected chi connectivity index (χ0v) is 25.7. The van der Waals surface area contributed by atoms with Gasteiger partial charge in [0, 0.05) is 0 Å². The molecule has 0 aliphatic heterocycles. The third-order valence-corrected chi connectivity index (χ3v) is 6.72. The van der Waals surface area contributed by atoms with Crippen LogP contribution in [0.15, 0.2) is 0 Å². The number of carboxylic acids is 1. The van der Waals surface area contributed by atoms with E-state index in [0.29, 0.717) is 6.42 Å². The standard InChI is InChI=1S/C26H47N7O11/c1-7-11(4)18(24(41)33-20(13(6)36)26(43)44)31-23(40)17(10(2)3)30-22(39)15(9-34)29-25(42)19(12(5)35)32-21(38)14(27)8-16(28)37/h10-15,17-20,34-36H,7-9,27H2,1-6H3,(H2,28,37)(H,29,42)(H,30,39)(H,31,40)(H,32,38)(H,33,41)(H,43,44)/t11-,12+,13+,14-,15-,17-,18-,19-,20-/m0/s1. The molecule has 0 radical (unpaired) electrons. The van der Waals surface area contributed by atoms with Gasteiger partial charge in [-0.05, 0) is 25.7 Å². The van der Waals surface area contributed by atoms with Crippen LogP contribution in [0.4, 0.5) is 0 Å². The quantitative estimate of drug-likeness (QED) is 0.0638. The number of amides is 6. The molecule has 18 nitrogen and oxygen atoms in total. The minimum atomic E-state index is -1.66. The monoisotopic (exact) mass is 633 g/mol. The van der Waals surface area contributed by atoms with Crippen LogP contribution in [0.2, 0.25) is 0 Å². The summed E-state index contributed by atoms with van der Waals surface area (Å²) in [6.45, 7) is 7.86. The maximum absolute atomic E-state index is 13.3. The number of hydrogen-bond donors (Lipinski definition) is 11. The molecular formula is C26H47N7O11. The molecule has 0 fully saturated rings. The Hall–Kier alpha value is -3.87. The minimum absolute atomic E-state index is 0.385. The fraction of sp³-hybridized carbons (Fsp3) is 0.731. The first-order valence-electron chi connectivity index (χ1n) is 14.0. The van der Waals surface area contributed by atoms with Gasteiger partial charge in [-0.1, -0.05) is 34.1 Å². The smallest absolute Gasteiger partial charge is 0.328 e. The summed E-state index contributed by atoms with van der Waals surface area (Å²) in [4.78, 5) is 86.7. The van der Waals surface area contributed by atoms with Crippen LogP contribution in [0.1, 0.15) is 54.4 Å². The lowest BCUT2D eigenvalue weighted by Gasteiger charge is -2.30. The molecule has 0 saturated heterocycles. The van der Waals surface area contributed by atoms with Crippen molar-refractivity contribution in [3.05, 3.63) is 0 Å². The van der Waals surface area contributed by atoms with E-state index in [4.69, 9.17) is 11.5 Å². The molecule has 252 valence electrons. The Bertz CT molecular complexity index is 1040. The summed E-state index contributed by atoms with van der Waals surface area (Å²) in [6.07, 6.45) is -3.10. The van der Waals surface area contributed by atoms with Crippen molar-refractivity contribution in [1.82, 2.24) is 26.6 Å². The summed E-state index contributed by atoms with van der Waals surface area (Å²) in [5.74, 6) is -8.29. The van der Waals surface area contributed by atoms with E-state index >= 15 is 0 Å². The highest BCUT2D eigenvalue weighted by atomic mass is 16.4. The summed E-state index contributed by atoms with van der Waals surface area (Å²) >= 11 is 0. The molecule has 0 heterocycles. The van der Waals surface area contributed by atoms with E-state index in [1.165, 1.54) is 6.92 Å². The minimum Gasteiger partial charge on any atom is -0.480 e. The molecule has 0 aliphatic carbocycles. The lowest BCUT2D eigenvalue weighted by molar-refractivity contribution is -0.145. The third-order valence-electron chi connectivity index (χ3n) is 6.72. The van der Waals surface area contributed by atoms with Crippen LogP contribution in [0.5, 0.6) is 0 Å². The van der Waals surface area contributed by atoms with Crippen molar-refractivity contribution < 1.29 is 54.0 Å². The number of carboxylic acid groups (broad SMARTS) is 1. The van der Waals surface area contributed by atoms with Crippen LogP contribution in [-0.4, -0.2) is 117 Å². The van der Waals surface area contributed by atoms with Gasteiger partial charge in [0.25, 0.3) is 0 Å². The van der Waals surface area contributed by atoms with Gasteiger partial charge in [0.15, 0.2) is 6.04 Å². The van der Waals surface area contributed by atoms with Gasteiger partial charge in [0.05, 0.1) is 31.3 Å². The summed E-state index contributed by atoms with van der Waals surface area (Å²) in [5.41, 5.74) is 10.6. The second kappa shape index (κ2) is 18.7. The fourth-order valence-electron chi connectivity index (χ4n) is 3.80. The van der Waals surface area contributed by atoms with E-state index in [0.717, 1.165) is 6.92 Å². The Morgan fingerprint density at radius 3 is 1.50 bits per heavy atom. The number of aliphatic carboxylic acids is 1. The topological polar surface area (TPSA) is 313 Å². The van der Waals surface area contributed by atoms with Crippen LogP contribution in [-0.2, 0) is 33.6 Å². The molecule has 13 N–H and O–H groups in total. The SMILES string of the molecule is CC[C@H](C)[C@H](NC(=O)[C@@H](NC(=O)[C@H](CO)NC(=O)[C@@H](NC(=O)[C@@H](N)CC(N)=O)[C@@H](C)O)C(C)C)C(=O)N[C@H](C(=O)O)[C@@H](C)O. The van der Waals surface area contributed by atoms with Crippen LogP contribution in [0.3, 0.4) is 0 Å². The molecule has 0 aromatic rings. The van der Waals surface area contributed by atoms with Gasteiger partial charge in [0.2, 0.25) is 35.4 Å². The number of aliphatic hydroxyl groups is 3. The number of hydrogen-bond acceptors (Lipinski definition) is 11. The molecule has 9 atom stereocenters. The number of carbonyl (C=O) groups is 7. The second-order valence-electron chi connectivity index (χ2n) is 10.9. The number of primary amides is 1. The van der Waals surface area contributed by atoms with Crippen molar-refractivity contribution in [2.75, 3.05) is 6.61 Å². The van der Waals surface area contributed by atoms with Gasteiger partial charge in [0.1, 0.15) is 24.2 Å². The zero-order valence-electron chi connectivity index (χ0n) is 25.7. The normalized spacial score (nSPS) is 17.3. The number of rotatable bonds is 19. The van der Waals surface area contributed by atoms with Gasteiger partial charge in [-0.3, -0.25) is 28.8 Å². The van der Waals surface area contributed by atoms with E-state index in [1.807, 2.05) is 0 Å². The molecule has 0 saturated carbocycles. The molecule has 0 rings (SSSR count). The summed E-state index contributed by atoms with van der Waals surface area (Å²) in [5, 5.41) is 50.2. The predicted molar refractivity (Wildman–Crippen MR) is 154 cm³/mol. The second-order valence-corrected chi connectivity index (χ2v) is 10.9. The van der Waals surface area contributed by atoms with Crippen LogP contribution in [0.25, 0.3) is 0 Å². The Morgan fingerprint density at radius 1 is 0.659 bits per heavy atom. The van der Waals surface area contributed by atoms with Crippen molar-refractivity contribution in [3.63, 3.8) is 0 Å². The molecule has 44 heavy (non-hydrogen) atoms. The van der Waals surface area contributed by atoms with Crippen molar-refractivity contribution in [2.45, 2.75) is 103 Å². The Labute approximate surface area is 255 Å². The third kappa shape index (κ3) is 12.8. The Kier molecular flexibility index (Phi) is 17.1. The molecular weight excluding hydrogens is 586 g/mol. The Balaban J connectivity index is 5.78. The van der Waals surface area contributed by atoms with Crippen molar-refractivity contribution in [1.29, 1.82) is 0 Å². The lowest BCUT2D eigenvalue weighted by atomic mass is 9.96. The van der Waals surface area contributed by atoms with Gasteiger partial charge in [-0.25, -0.2) is 4.79 Å². The molecule has 0 spiro atoms. The van der Waals surface area contributed by atoms with Crippen molar-refractivity contribution in [3.8, 4) is 0 Å². The van der Waals surface area contributed by atoms with Gasteiger partial charge < -0.3 is 58.5 Å². The Morgan fingerprint density at radius 2 is 1.09 bits per heavy atom. The lowest BCUT2D eigenvalue weighted by Crippen LogP contribution is -2.62. The van der Waals surface area contributed by atoms with E-state index in [2.05, 4.69) is 26.6 Å². The van der Waals surface area contributed by atoms with Gasteiger partial charge >= 0.3 is 5.97 Å². The van der Waals surface area contributed by atoms with Crippen LogP contribution < -0.4 is 38.1 Å². The predicted octanol–water partition coefficient (Wildman–Crippen LogP) is -4.85. The average molecular weight is 634 g/mol. The fourth-order valence-corrected chi connectivity index (χ4v) is 3.80. The first-order chi connectivity index (χ1) is 20.3. The van der Waals surface area contributed by atoms with E-state index in [1.54, 1.807) is 27.7 Å². The zero-order chi connectivity index (χ0) is 34.5. The van der Waals surface area contributed by atoms with E-state index in [9.17, 15) is 54.0 Å². The summed E-state index contributed by atoms with van der Waals surface area (Å²) < 4.78 is 0. The molecule has 18 heteroatoms. The highest BCUT2D eigenvalue weighted by Crippen LogP contribution is 2.11. The maximum Gasteiger partial charge on any atom is 0.328 e. The molecule has 0 bridgehead atoms. The van der Waals surface area contributed by atoms with E-state index in [-0.39, 0.29) is 0 Å². The molecule has 0 aliphatic rings. The van der Waals surface area contributed by atoms with Gasteiger partial charge in [-0.2, -0.15) is 0 Å². The molecule has 0 aromatic heterocycles. The number of nitrogens with one attached hydrogen (secondary N) is 5. The van der Waals surface area contributed by atoms with Crippen molar-refractivity contribution in [2.24, 2.45) is 23.3 Å². The molecule has 6 amide bonds. The van der Waals surface area contributed by atoms with Crippen LogP contribution in [0, 0.1) is 11.8 Å². The van der Waals surface area contributed by atoms with Gasteiger partial charge in [-0.15, -0.1) is 0 Å². The molecule has 0 aromatic carbocycles. The van der Waals surface area contributed by atoms with Crippen molar-refractivity contribution >= 4 is 41.4 Å². The first kappa shape index (κ1) is 40.1. The largest absolute Gasteiger partial charge is 0.480 e. The highest BCUT2D eigenvalue weighted by molar-refractivity contribution is 5.97. The first-order valence-corrected chi connectivity index (χ1v) is 14.0.